The number of hydrogen-bond donors (Lipinski definition) is 2. The van der Waals surface area contributed by atoms with E-state index in [1.807, 2.05) is 26.4 Å². The maximum Gasteiger partial charge on any atom is 0.213 e. The van der Waals surface area contributed by atoms with Crippen molar-refractivity contribution in [2.24, 2.45) is 10.9 Å². The first-order valence-electron chi connectivity index (χ1n) is 8.75. The van der Waals surface area contributed by atoms with Crippen LogP contribution in [-0.4, -0.2) is 67.3 Å². The van der Waals surface area contributed by atoms with Gasteiger partial charge in [0.05, 0.1) is 18.1 Å². The summed E-state index contributed by atoms with van der Waals surface area (Å²) in [5.41, 5.74) is 0. The number of rotatable bonds is 6. The zero-order valence-corrected chi connectivity index (χ0v) is 19.1. The number of piperidine rings is 1. The van der Waals surface area contributed by atoms with Crippen molar-refractivity contribution in [3.8, 4) is 0 Å². The molecule has 1 fully saturated rings. The molecule has 0 amide bonds. The third-order valence-electron chi connectivity index (χ3n) is 4.41. The summed E-state index contributed by atoms with van der Waals surface area (Å²) in [5, 5.41) is 3.18. The molecule has 1 aromatic rings. The molecule has 1 aliphatic heterocycles. The average Bonchev–Trinajstić information content (AvgIpc) is 3.05. The van der Waals surface area contributed by atoms with E-state index in [4.69, 9.17) is 0 Å². The molecule has 0 radical (unpaired) electrons. The van der Waals surface area contributed by atoms with Gasteiger partial charge >= 0.3 is 0 Å². The van der Waals surface area contributed by atoms with Crippen LogP contribution in [0.4, 0.5) is 0 Å². The molecule has 2 heterocycles. The summed E-state index contributed by atoms with van der Waals surface area (Å²) in [6.07, 6.45) is 6.69. The lowest BCUT2D eigenvalue weighted by atomic mass is 9.93. The lowest BCUT2D eigenvalue weighted by Crippen LogP contribution is -2.50. The quantitative estimate of drug-likeness (QED) is 0.351. The van der Waals surface area contributed by atoms with Crippen LogP contribution in [0.5, 0.6) is 0 Å². The number of aromatic nitrogens is 2. The molecule has 0 aliphatic carbocycles. The molecule has 1 aliphatic rings. The zero-order chi connectivity index (χ0) is 18.4. The van der Waals surface area contributed by atoms with E-state index < -0.39 is 10.0 Å². The Kier molecular flexibility index (Phi) is 9.31. The van der Waals surface area contributed by atoms with Crippen molar-refractivity contribution < 1.29 is 8.42 Å². The Morgan fingerprint density at radius 1 is 1.42 bits per heavy atom. The first-order valence-corrected chi connectivity index (χ1v) is 10.4. The smallest absolute Gasteiger partial charge is 0.213 e. The van der Waals surface area contributed by atoms with Crippen molar-refractivity contribution in [2.45, 2.75) is 39.3 Å². The first-order chi connectivity index (χ1) is 11.8. The molecule has 0 saturated carbocycles. The van der Waals surface area contributed by atoms with Crippen LogP contribution in [0.25, 0.3) is 0 Å². The molecule has 1 saturated heterocycles. The van der Waals surface area contributed by atoms with Crippen LogP contribution in [0, 0.1) is 5.92 Å². The summed E-state index contributed by atoms with van der Waals surface area (Å²) in [5.74, 6) is 1.33. The average molecular weight is 498 g/mol. The first kappa shape index (κ1) is 23.2. The van der Waals surface area contributed by atoms with Crippen molar-refractivity contribution in [1.82, 2.24) is 24.5 Å². The van der Waals surface area contributed by atoms with Crippen LogP contribution in [0.1, 0.15) is 33.2 Å². The van der Waals surface area contributed by atoms with Gasteiger partial charge in [-0.25, -0.2) is 18.1 Å². The lowest BCUT2D eigenvalue weighted by Gasteiger charge is -2.39. The second-order valence-corrected chi connectivity index (χ2v) is 8.73. The molecule has 2 N–H and O–H groups in total. The Balaban J connectivity index is 0.00000338. The van der Waals surface area contributed by atoms with Gasteiger partial charge in [-0.3, -0.25) is 4.99 Å². The van der Waals surface area contributed by atoms with Crippen molar-refractivity contribution >= 4 is 40.0 Å². The Morgan fingerprint density at radius 3 is 2.73 bits per heavy atom. The number of sulfonamides is 1. The van der Waals surface area contributed by atoms with Gasteiger partial charge in [-0.2, -0.15) is 0 Å². The third kappa shape index (κ3) is 6.69. The number of imidazole rings is 1. The van der Waals surface area contributed by atoms with E-state index in [0.717, 1.165) is 25.5 Å². The van der Waals surface area contributed by atoms with Crippen LogP contribution in [0.2, 0.25) is 0 Å². The van der Waals surface area contributed by atoms with E-state index in [1.165, 1.54) is 0 Å². The minimum Gasteiger partial charge on any atom is -0.355 e. The number of aliphatic imine (C=N–C) groups is 1. The highest BCUT2D eigenvalue weighted by Gasteiger charge is 2.28. The van der Waals surface area contributed by atoms with Crippen molar-refractivity contribution in [3.05, 3.63) is 18.7 Å². The second kappa shape index (κ2) is 10.5. The van der Waals surface area contributed by atoms with Gasteiger partial charge in [0.25, 0.3) is 0 Å². The Bertz CT molecular complexity index is 662. The Morgan fingerprint density at radius 2 is 2.15 bits per heavy atom. The molecule has 0 spiro atoms. The molecule has 2 rings (SSSR count). The van der Waals surface area contributed by atoms with E-state index in [1.54, 1.807) is 13.2 Å². The van der Waals surface area contributed by atoms with E-state index in [2.05, 4.69) is 36.4 Å². The molecule has 10 heteroatoms. The summed E-state index contributed by atoms with van der Waals surface area (Å²) in [6.45, 7) is 7.94. The predicted octanol–water partition coefficient (Wildman–Crippen LogP) is 1.29. The fourth-order valence-electron chi connectivity index (χ4n) is 3.14. The van der Waals surface area contributed by atoms with Gasteiger partial charge in [-0.15, -0.1) is 24.0 Å². The van der Waals surface area contributed by atoms with E-state index >= 15 is 0 Å². The highest BCUT2D eigenvalue weighted by atomic mass is 127. The molecule has 0 bridgehead atoms. The van der Waals surface area contributed by atoms with Gasteiger partial charge in [0.15, 0.2) is 5.96 Å². The van der Waals surface area contributed by atoms with E-state index in [0.29, 0.717) is 18.5 Å². The summed E-state index contributed by atoms with van der Waals surface area (Å²) in [4.78, 5) is 10.7. The van der Waals surface area contributed by atoms with Gasteiger partial charge in [-0.05, 0) is 26.2 Å². The largest absolute Gasteiger partial charge is 0.355 e. The van der Waals surface area contributed by atoms with Gasteiger partial charge < -0.3 is 14.8 Å². The summed E-state index contributed by atoms with van der Waals surface area (Å²) in [6, 6.07) is 0.241. The minimum atomic E-state index is -3.27. The number of nitrogens with zero attached hydrogens (tertiary/aromatic N) is 4. The molecule has 1 aromatic heterocycles. The number of halogens is 1. The van der Waals surface area contributed by atoms with Gasteiger partial charge in [0.2, 0.25) is 10.0 Å². The van der Waals surface area contributed by atoms with Crippen molar-refractivity contribution in [2.75, 3.05) is 32.4 Å². The maximum atomic E-state index is 11.9. The number of nitrogens with one attached hydrogen (secondary N) is 2. The maximum absolute atomic E-state index is 11.9. The number of hydrogen-bond acceptors (Lipinski definition) is 4. The van der Waals surface area contributed by atoms with Gasteiger partial charge in [-0.1, -0.05) is 6.92 Å². The molecule has 2 atom stereocenters. The second-order valence-electron chi connectivity index (χ2n) is 6.85. The third-order valence-corrected chi connectivity index (χ3v) is 5.98. The fraction of sp³-hybridized carbons (Fsp3) is 0.750. The van der Waals surface area contributed by atoms with Crippen molar-refractivity contribution in [1.29, 1.82) is 0 Å². The standard InChI is InChI=1S/C16H30N6O2S.HI/c1-13(2)20-25(23,24)10-7-19-16(17-4)21-8-5-14(3)15(11-21)22-9-6-18-12-22;/h6,9,12-15,20H,5,7-8,10-11H2,1-4H3,(H,17,19);1H. The normalized spacial score (nSPS) is 21.6. The summed E-state index contributed by atoms with van der Waals surface area (Å²) >= 11 is 0. The molecule has 26 heavy (non-hydrogen) atoms. The SMILES string of the molecule is CN=C(NCCS(=O)(=O)NC(C)C)N1CCC(C)C(n2ccnc2)C1.I. The van der Waals surface area contributed by atoms with Crippen LogP contribution in [0.3, 0.4) is 0 Å². The molecular weight excluding hydrogens is 467 g/mol. The van der Waals surface area contributed by atoms with E-state index in [-0.39, 0.29) is 35.8 Å². The molecule has 8 nitrogen and oxygen atoms in total. The lowest BCUT2D eigenvalue weighted by molar-refractivity contribution is 0.189. The highest BCUT2D eigenvalue weighted by molar-refractivity contribution is 14.0. The van der Waals surface area contributed by atoms with Crippen molar-refractivity contribution in [3.63, 3.8) is 0 Å². The molecule has 0 aromatic carbocycles. The summed E-state index contributed by atoms with van der Waals surface area (Å²) in [7, 11) is -1.54. The van der Waals surface area contributed by atoms with Crippen LogP contribution < -0.4 is 10.0 Å². The fourth-order valence-corrected chi connectivity index (χ4v) is 4.35. The van der Waals surface area contributed by atoms with Crippen LogP contribution >= 0.6 is 24.0 Å². The monoisotopic (exact) mass is 498 g/mol. The molecule has 150 valence electrons. The number of guanidine groups is 1. The molecule has 2 unspecified atom stereocenters. The summed E-state index contributed by atoms with van der Waals surface area (Å²) < 4.78 is 28.6. The zero-order valence-electron chi connectivity index (χ0n) is 15.9. The topological polar surface area (TPSA) is 91.6 Å². The Hall–Kier alpha value is -0.880. The molecular formula is C16H31IN6O2S. The Labute approximate surface area is 173 Å². The van der Waals surface area contributed by atoms with Gasteiger partial charge in [0.1, 0.15) is 0 Å². The van der Waals surface area contributed by atoms with Gasteiger partial charge in [0, 0.05) is 45.1 Å². The van der Waals surface area contributed by atoms with E-state index in [9.17, 15) is 8.42 Å². The predicted molar refractivity (Wildman–Crippen MR) is 115 cm³/mol. The minimum absolute atomic E-state index is 0. The number of likely N-dealkylation sites (tertiary alicyclic amines) is 1. The van der Waals surface area contributed by atoms with Crippen LogP contribution in [0.15, 0.2) is 23.7 Å². The van der Waals surface area contributed by atoms with Crippen LogP contribution in [-0.2, 0) is 10.0 Å². The highest BCUT2D eigenvalue weighted by Crippen LogP contribution is 2.27.